The molecule has 1 heterocycles. The van der Waals surface area contributed by atoms with Gasteiger partial charge in [0.1, 0.15) is 4.90 Å². The third-order valence-electron chi connectivity index (χ3n) is 12.2. The van der Waals surface area contributed by atoms with Crippen LogP contribution >= 0.6 is 31.2 Å². The number of aliphatic hydroxyl groups is 1. The van der Waals surface area contributed by atoms with Gasteiger partial charge in [0.05, 0.1) is 34.5 Å². The van der Waals surface area contributed by atoms with Crippen LogP contribution in [0.15, 0.2) is 136 Å². The number of aliphatic hydroxyl groups excluding tert-OH is 1. The van der Waals surface area contributed by atoms with Crippen LogP contribution in [-0.2, 0) is 38.0 Å². The highest BCUT2D eigenvalue weighted by Gasteiger charge is 2.48. The second kappa shape index (κ2) is 25.5. The molecule has 5 aromatic rings. The molecule has 76 heavy (non-hydrogen) atoms. The zero-order valence-corrected chi connectivity index (χ0v) is 47.6. The summed E-state index contributed by atoms with van der Waals surface area (Å²) < 4.78 is 130. The summed E-state index contributed by atoms with van der Waals surface area (Å²) in [5.41, 5.74) is -4.69. The molecule has 22 heteroatoms. The molecule has 0 radical (unpaired) electrons. The number of piperidine rings is 1. The fraction of sp³-hybridized carbons (Fsp3) is 0.426. The second-order valence-corrected chi connectivity index (χ2v) is 27.0. The number of benzene rings is 5. The smallest absolute Gasteiger partial charge is 0.388 e. The number of sulfone groups is 1. The molecule has 3 N–H and O–H groups in total. The normalized spacial score (nSPS) is 15.1. The number of halogens is 4. The monoisotopic (exact) mass is 1150 g/mol. The quantitative estimate of drug-likeness (QED) is 0.0415. The number of nitrogens with zero attached hydrogens (tertiary/aromatic N) is 2. The third kappa shape index (κ3) is 17.0. The maximum absolute atomic E-state index is 14.4. The van der Waals surface area contributed by atoms with Crippen molar-refractivity contribution in [1.82, 2.24) is 9.62 Å². The molecule has 1 amide bonds. The molecule has 0 saturated carbocycles. The highest BCUT2D eigenvalue weighted by molar-refractivity contribution is 7.99. The van der Waals surface area contributed by atoms with E-state index in [-0.39, 0.29) is 36.8 Å². The molecule has 0 bridgehead atoms. The number of phosphoric acid groups is 1. The molecule has 0 aromatic heterocycles. The minimum Gasteiger partial charge on any atom is -0.388 e. The van der Waals surface area contributed by atoms with Crippen molar-refractivity contribution in [2.75, 3.05) is 55.3 Å². The number of likely N-dealkylation sites (N-methyl/N-ethyl adjacent to an activating group) is 1. The largest absolute Gasteiger partial charge is 0.501 e. The molecule has 0 aliphatic carbocycles. The van der Waals surface area contributed by atoms with Crippen LogP contribution in [-0.4, -0.2) is 101 Å². The number of nitrogens with one attached hydrogen (secondary N) is 2. The Morgan fingerprint density at radius 2 is 1.45 bits per heavy atom. The molecule has 5 aromatic carbocycles. The Bertz CT molecular complexity index is 2990. The van der Waals surface area contributed by atoms with Gasteiger partial charge in [0.2, 0.25) is 0 Å². The Kier molecular flexibility index (Phi) is 20.4. The van der Waals surface area contributed by atoms with E-state index in [1.807, 2.05) is 83.3 Å². The van der Waals surface area contributed by atoms with E-state index in [0.29, 0.717) is 50.1 Å². The summed E-state index contributed by atoms with van der Waals surface area (Å²) in [6.45, 7) is 14.4. The van der Waals surface area contributed by atoms with Gasteiger partial charge in [-0.3, -0.25) is 18.4 Å². The first kappa shape index (κ1) is 60.8. The number of phosphoric ester groups is 1. The van der Waals surface area contributed by atoms with Crippen LogP contribution in [0.2, 0.25) is 5.02 Å². The number of amides is 1. The fourth-order valence-electron chi connectivity index (χ4n) is 8.50. The molecule has 0 unspecified atom stereocenters. The SMILES string of the molecule is CCN(CCOP(=O)(OC(C)(C)C)OC(C)(C)C)CC[C@H](CSc1ccccc1)Nc1ccc(S(=O)(=O)NC(=O)c2ccc(N3CCC([C@H](O)c4ccccc4-c4ccc(Cl)cc4)CC3)cc2)cc1S(=O)(=O)C(F)(F)F. The van der Waals surface area contributed by atoms with Crippen LogP contribution in [0.4, 0.5) is 24.5 Å². The predicted octanol–water partition coefficient (Wildman–Crippen LogP) is 12.4. The van der Waals surface area contributed by atoms with Gasteiger partial charge < -0.3 is 20.2 Å². The van der Waals surface area contributed by atoms with Crippen molar-refractivity contribution >= 4 is 68.3 Å². The number of carbonyl (C=O) groups excluding carboxylic acids is 1. The number of alkyl halides is 3. The highest BCUT2D eigenvalue weighted by atomic mass is 35.5. The molecule has 0 spiro atoms. The number of anilines is 2. The Hall–Kier alpha value is -4.47. The number of sulfonamides is 1. The molecule has 2 atom stereocenters. The lowest BCUT2D eigenvalue weighted by molar-refractivity contribution is -0.0436. The maximum Gasteiger partial charge on any atom is 0.501 e. The van der Waals surface area contributed by atoms with Crippen LogP contribution in [0.25, 0.3) is 11.1 Å². The van der Waals surface area contributed by atoms with E-state index in [0.717, 1.165) is 39.4 Å². The number of hydrogen-bond acceptors (Lipinski definition) is 14. The molecule has 1 aliphatic rings. The summed E-state index contributed by atoms with van der Waals surface area (Å²) in [7, 11) is -15.1. The first-order valence-corrected chi connectivity index (χ1v) is 30.6. The molecule has 6 rings (SSSR count). The van der Waals surface area contributed by atoms with E-state index in [1.165, 1.54) is 23.9 Å². The summed E-state index contributed by atoms with van der Waals surface area (Å²) in [4.78, 5) is 16.1. The van der Waals surface area contributed by atoms with Crippen molar-refractivity contribution in [2.45, 2.75) is 111 Å². The lowest BCUT2D eigenvalue weighted by Gasteiger charge is -2.36. The molecular weight excluding hydrogens is 1080 g/mol. The zero-order valence-electron chi connectivity index (χ0n) is 43.5. The van der Waals surface area contributed by atoms with Gasteiger partial charge in [0.15, 0.2) is 0 Å². The molecule has 1 aliphatic heterocycles. The Morgan fingerprint density at radius 3 is 2.04 bits per heavy atom. The van der Waals surface area contributed by atoms with Crippen LogP contribution in [0.1, 0.15) is 89.8 Å². The van der Waals surface area contributed by atoms with Gasteiger partial charge in [0, 0.05) is 59.1 Å². The molecular formula is C54H67ClF3N4O10PS3. The van der Waals surface area contributed by atoms with Gasteiger partial charge in [-0.2, -0.15) is 13.2 Å². The summed E-state index contributed by atoms with van der Waals surface area (Å²) in [5.74, 6) is -0.886. The lowest BCUT2D eigenvalue weighted by Crippen LogP contribution is -2.36. The van der Waals surface area contributed by atoms with E-state index in [4.69, 9.17) is 25.2 Å². The highest BCUT2D eigenvalue weighted by Crippen LogP contribution is 2.55. The topological polar surface area (TPSA) is 181 Å². The minimum absolute atomic E-state index is 0.0381. The average Bonchev–Trinajstić information content (AvgIpc) is 3.36. The van der Waals surface area contributed by atoms with Crippen molar-refractivity contribution in [3.8, 4) is 11.1 Å². The van der Waals surface area contributed by atoms with Gasteiger partial charge in [-0.25, -0.2) is 26.1 Å². The third-order valence-corrected chi connectivity index (χ3v) is 18.5. The van der Waals surface area contributed by atoms with Gasteiger partial charge in [-0.1, -0.05) is 73.1 Å². The summed E-state index contributed by atoms with van der Waals surface area (Å²) >= 11 is 7.49. The molecule has 1 saturated heterocycles. The Balaban J connectivity index is 1.14. The summed E-state index contributed by atoms with van der Waals surface area (Å²) in [6.07, 6.45) is 0.851. The van der Waals surface area contributed by atoms with E-state index in [9.17, 15) is 44.5 Å². The van der Waals surface area contributed by atoms with Crippen LogP contribution in [0.3, 0.4) is 0 Å². The van der Waals surface area contributed by atoms with Crippen LogP contribution in [0.5, 0.6) is 0 Å². The maximum atomic E-state index is 14.4. The number of carbonyl (C=O) groups is 1. The van der Waals surface area contributed by atoms with Crippen LogP contribution in [0, 0.1) is 5.92 Å². The van der Waals surface area contributed by atoms with Gasteiger partial charge in [-0.15, -0.1) is 11.8 Å². The lowest BCUT2D eigenvalue weighted by atomic mass is 9.84. The Morgan fingerprint density at radius 1 is 0.842 bits per heavy atom. The molecule has 14 nitrogen and oxygen atoms in total. The first-order valence-electron chi connectivity index (χ1n) is 24.8. The zero-order chi connectivity index (χ0) is 55.7. The van der Waals surface area contributed by atoms with Gasteiger partial charge in [-0.05, 0) is 157 Å². The van der Waals surface area contributed by atoms with Crippen molar-refractivity contribution in [3.63, 3.8) is 0 Å². The van der Waals surface area contributed by atoms with Crippen molar-refractivity contribution in [3.05, 3.63) is 137 Å². The van der Waals surface area contributed by atoms with Crippen molar-refractivity contribution in [2.24, 2.45) is 5.92 Å². The van der Waals surface area contributed by atoms with Crippen LogP contribution < -0.4 is 14.9 Å². The van der Waals surface area contributed by atoms with E-state index < -0.39 is 77.9 Å². The second-order valence-electron chi connectivity index (χ2n) is 20.3. The summed E-state index contributed by atoms with van der Waals surface area (Å²) in [5, 5.41) is 15.1. The fourth-order valence-corrected chi connectivity index (χ4v) is 13.4. The Labute approximate surface area is 454 Å². The number of thioether (sulfide) groups is 1. The van der Waals surface area contributed by atoms with Crippen molar-refractivity contribution in [1.29, 1.82) is 0 Å². The molecule has 414 valence electrons. The number of hydrogen-bond donors (Lipinski definition) is 3. The number of rotatable bonds is 23. The summed E-state index contributed by atoms with van der Waals surface area (Å²) in [6, 6.07) is 32.0. The average molecular weight is 1150 g/mol. The van der Waals surface area contributed by atoms with E-state index in [2.05, 4.69) is 10.2 Å². The van der Waals surface area contributed by atoms with Gasteiger partial charge in [0.25, 0.3) is 25.8 Å². The minimum atomic E-state index is -6.17. The standard InChI is InChI=1S/C54H67ClF3N4O10PS3/c1-8-61(34-35-70-73(65,71-52(2,3)4)72-53(5,6)7)31-30-42(37-74-44-14-10-9-11-15-44)59-48-27-26-45(36-49(48)75(66,67)54(56,57)58)76(68,69)60-51(64)40-20-24-43(25-21-40)62-32-28-39(29-33-62)50(63)47-17-13-12-16-46(47)38-18-22-41(55)23-19-38/h9-27,36,39,42,50,59,63H,8,28-35,37H2,1-7H3,(H,60,64)/t42-,50+/m1/s1. The van der Waals surface area contributed by atoms with E-state index in [1.54, 1.807) is 65.8 Å². The van der Waals surface area contributed by atoms with Crippen molar-refractivity contribution < 1.29 is 58.0 Å². The molecule has 1 fully saturated rings. The first-order chi connectivity index (χ1) is 35.6. The van der Waals surface area contributed by atoms with Gasteiger partial charge >= 0.3 is 13.3 Å². The predicted molar refractivity (Wildman–Crippen MR) is 294 cm³/mol. The van der Waals surface area contributed by atoms with E-state index >= 15 is 0 Å².